The Hall–Kier alpha value is -2.69. The van der Waals surface area contributed by atoms with E-state index in [2.05, 4.69) is 10.6 Å². The van der Waals surface area contributed by atoms with E-state index in [4.69, 9.17) is 9.40 Å². The fraction of sp³-hybridized carbons (Fsp3) is 0.545. The van der Waals surface area contributed by atoms with Crippen LogP contribution in [0.3, 0.4) is 0 Å². The number of amides is 1. The molecule has 10 heteroatoms. The fourth-order valence-electron chi connectivity index (χ4n) is 7.09. The van der Waals surface area contributed by atoms with Gasteiger partial charge in [0.15, 0.2) is 5.76 Å². The van der Waals surface area contributed by atoms with E-state index >= 15 is 0 Å². The molecular formula is C33H43N3O5S2. The van der Waals surface area contributed by atoms with Gasteiger partial charge in [-0.1, -0.05) is 56.4 Å². The van der Waals surface area contributed by atoms with E-state index < -0.39 is 25.1 Å². The fourth-order valence-corrected chi connectivity index (χ4v) is 10.7. The molecule has 1 unspecified atom stereocenters. The number of benzene rings is 2. The van der Waals surface area contributed by atoms with Crippen LogP contribution in [-0.4, -0.2) is 64.4 Å². The Kier molecular flexibility index (Phi) is 7.79. The van der Waals surface area contributed by atoms with Crippen LogP contribution in [0.25, 0.3) is 22.1 Å². The number of sulfone groups is 1. The maximum atomic E-state index is 13.8. The zero-order chi connectivity index (χ0) is 30.6. The van der Waals surface area contributed by atoms with Crippen LogP contribution >= 0.6 is 0 Å². The van der Waals surface area contributed by atoms with Crippen LogP contribution in [0, 0.1) is 11.3 Å². The van der Waals surface area contributed by atoms with Crippen molar-refractivity contribution in [2.45, 2.75) is 82.6 Å². The second-order valence-corrected chi connectivity index (χ2v) is 18.3. The highest BCUT2D eigenvalue weighted by Crippen LogP contribution is 2.43. The molecule has 0 bridgehead atoms. The first-order chi connectivity index (χ1) is 20.2. The highest BCUT2D eigenvalue weighted by Gasteiger charge is 2.49. The number of rotatable bonds is 6. The summed E-state index contributed by atoms with van der Waals surface area (Å²) in [6, 6.07) is 11.6. The van der Waals surface area contributed by atoms with Crippen molar-refractivity contribution < 1.29 is 21.8 Å². The van der Waals surface area contributed by atoms with E-state index in [1.54, 1.807) is 4.90 Å². The second kappa shape index (κ2) is 11.0. The van der Waals surface area contributed by atoms with Gasteiger partial charge in [-0.25, -0.2) is 22.3 Å². The summed E-state index contributed by atoms with van der Waals surface area (Å²) < 4.78 is 47.3. The largest absolute Gasteiger partial charge is 0.432 e. The minimum atomic E-state index is -2.97. The lowest BCUT2D eigenvalue weighted by molar-refractivity contribution is -0.00234. The van der Waals surface area contributed by atoms with Crippen LogP contribution in [0.2, 0.25) is 0 Å². The molecule has 1 saturated carbocycles. The van der Waals surface area contributed by atoms with E-state index in [0.29, 0.717) is 42.5 Å². The monoisotopic (exact) mass is 625 g/mol. The minimum Gasteiger partial charge on any atom is -0.432 e. The van der Waals surface area contributed by atoms with Crippen molar-refractivity contribution in [1.29, 1.82) is 0 Å². The summed E-state index contributed by atoms with van der Waals surface area (Å²) in [6.45, 7) is 6.97. The van der Waals surface area contributed by atoms with Crippen molar-refractivity contribution in [1.82, 2.24) is 14.6 Å². The first-order valence-corrected chi connectivity index (χ1v) is 19.0. The van der Waals surface area contributed by atoms with E-state index in [-0.39, 0.29) is 28.7 Å². The molecule has 1 atom stereocenters. The van der Waals surface area contributed by atoms with Crippen molar-refractivity contribution in [2.75, 3.05) is 24.6 Å². The molecule has 6 rings (SSSR count). The molecule has 2 aromatic carbocycles. The van der Waals surface area contributed by atoms with Crippen molar-refractivity contribution in [3.63, 3.8) is 0 Å². The molecule has 1 N–H and O–H groups in total. The van der Waals surface area contributed by atoms with E-state index in [1.807, 2.05) is 57.2 Å². The molecule has 1 aliphatic carbocycles. The number of carbonyl (C=O) groups is 1. The molecule has 8 nitrogen and oxygen atoms in total. The number of likely N-dealkylation sites (tertiary alicyclic amines) is 1. The van der Waals surface area contributed by atoms with Crippen LogP contribution in [0.4, 0.5) is 0 Å². The van der Waals surface area contributed by atoms with Gasteiger partial charge in [0.05, 0.1) is 31.8 Å². The van der Waals surface area contributed by atoms with Crippen molar-refractivity contribution >= 4 is 42.1 Å². The van der Waals surface area contributed by atoms with E-state index in [9.17, 15) is 17.4 Å². The van der Waals surface area contributed by atoms with Gasteiger partial charge in [-0.05, 0) is 74.7 Å². The van der Waals surface area contributed by atoms with Crippen LogP contribution in [0.1, 0.15) is 82.1 Å². The minimum absolute atomic E-state index is 0.0857. The molecule has 232 valence electrons. The number of nitrogens with zero attached hydrogens (tertiary/aromatic N) is 2. The quantitative estimate of drug-likeness (QED) is 0.355. The lowest BCUT2D eigenvalue weighted by atomic mass is 9.75. The van der Waals surface area contributed by atoms with Crippen LogP contribution in [0.5, 0.6) is 0 Å². The summed E-state index contributed by atoms with van der Waals surface area (Å²) in [5.74, 6) is 5.38. The average Bonchev–Trinajstić information content (AvgIpc) is 3.33. The Labute approximate surface area is 255 Å². The molecule has 1 spiro atoms. The normalized spacial score (nSPS) is 21.9. The number of nitrogens with one attached hydrogen (secondary N) is 1. The predicted octanol–water partition coefficient (Wildman–Crippen LogP) is 5.65. The summed E-state index contributed by atoms with van der Waals surface area (Å²) in [6.07, 6.45) is 7.85. The number of fused-ring (bicyclic) bond motifs is 1. The summed E-state index contributed by atoms with van der Waals surface area (Å²) in [5, 5.41) is 1.69. The van der Waals surface area contributed by atoms with Crippen molar-refractivity contribution in [3.8, 4) is 11.3 Å². The highest BCUT2D eigenvalue weighted by molar-refractivity contribution is 7.98. The van der Waals surface area contributed by atoms with Gasteiger partial charge >= 0.3 is 5.91 Å². The Balaban J connectivity index is 1.36. The predicted molar refractivity (Wildman–Crippen MR) is 172 cm³/mol. The zero-order valence-corrected chi connectivity index (χ0v) is 27.1. The van der Waals surface area contributed by atoms with Gasteiger partial charge in [0.2, 0.25) is 0 Å². The summed E-state index contributed by atoms with van der Waals surface area (Å²) in [5.41, 5.74) is 1.10. The van der Waals surface area contributed by atoms with Gasteiger partial charge in [0, 0.05) is 29.6 Å². The van der Waals surface area contributed by atoms with Crippen molar-refractivity contribution in [3.05, 3.63) is 48.0 Å². The Morgan fingerprint density at radius 2 is 1.72 bits per heavy atom. The number of hydrogen-bond donors (Lipinski definition) is 1. The van der Waals surface area contributed by atoms with Gasteiger partial charge < -0.3 is 9.32 Å². The van der Waals surface area contributed by atoms with Gasteiger partial charge in [-0.2, -0.15) is 0 Å². The molecule has 2 aliphatic heterocycles. The van der Waals surface area contributed by atoms with Gasteiger partial charge in [-0.3, -0.25) is 4.79 Å². The molecule has 1 amide bonds. The standard InChI is InChI=1S/C33H43N3O5S2/c1-32(2,3)35-42(4,38)28-15-14-26(24-12-8-9-13-25(24)28)29-27(20-23-10-6-5-7-11-23)34-30(41-29)31(37)36-21-33(22-36)16-18-43(39,40)19-17-33/h8-9,12-15,23H,4-7,10-11,16-22H2,1-3H3,(H,35,38). The Bertz CT molecular complexity index is 1740. The van der Waals surface area contributed by atoms with Gasteiger partial charge in [0.1, 0.15) is 9.84 Å². The summed E-state index contributed by atoms with van der Waals surface area (Å²) in [7, 11) is -5.77. The molecule has 3 heterocycles. The second-order valence-electron chi connectivity index (χ2n) is 14.0. The van der Waals surface area contributed by atoms with Gasteiger partial charge in [-0.15, -0.1) is 0 Å². The molecule has 3 aliphatic rings. The number of oxazole rings is 1. The molecule has 0 radical (unpaired) electrons. The maximum absolute atomic E-state index is 13.8. The van der Waals surface area contributed by atoms with Crippen LogP contribution < -0.4 is 4.72 Å². The van der Waals surface area contributed by atoms with Crippen LogP contribution in [0.15, 0.2) is 45.7 Å². The molecule has 43 heavy (non-hydrogen) atoms. The number of carbonyl (C=O) groups excluding carboxylic acids is 1. The topological polar surface area (TPSA) is 110 Å². The third-order valence-corrected chi connectivity index (χ3v) is 12.9. The Morgan fingerprint density at radius 1 is 1.07 bits per heavy atom. The first kappa shape index (κ1) is 30.3. The Morgan fingerprint density at radius 3 is 2.37 bits per heavy atom. The lowest BCUT2D eigenvalue weighted by Gasteiger charge is -2.51. The van der Waals surface area contributed by atoms with E-state index in [1.165, 1.54) is 19.3 Å². The van der Waals surface area contributed by atoms with E-state index in [0.717, 1.165) is 41.3 Å². The average molecular weight is 626 g/mol. The molecular weight excluding hydrogens is 583 g/mol. The first-order valence-electron chi connectivity index (χ1n) is 15.4. The lowest BCUT2D eigenvalue weighted by Crippen LogP contribution is -2.60. The highest BCUT2D eigenvalue weighted by atomic mass is 32.2. The summed E-state index contributed by atoms with van der Waals surface area (Å²) >= 11 is 0. The molecule has 1 aromatic heterocycles. The third-order valence-electron chi connectivity index (χ3n) is 9.27. The zero-order valence-electron chi connectivity index (χ0n) is 25.5. The molecule has 2 saturated heterocycles. The summed E-state index contributed by atoms with van der Waals surface area (Å²) in [4.78, 5) is 20.9. The molecule has 3 aromatic rings. The number of aromatic nitrogens is 1. The van der Waals surface area contributed by atoms with Gasteiger partial charge in [0.25, 0.3) is 5.89 Å². The smallest absolute Gasteiger partial charge is 0.309 e. The maximum Gasteiger partial charge on any atom is 0.309 e. The van der Waals surface area contributed by atoms with Crippen molar-refractivity contribution in [2.24, 2.45) is 11.3 Å². The SMILES string of the molecule is C=S(=O)(NC(C)(C)C)c1ccc(-c2oc(C(=O)N3CC4(CCS(=O)(=O)CC4)C3)nc2CC2CCCCC2)c2ccccc12. The molecule has 3 fully saturated rings. The van der Waals surface area contributed by atoms with Crippen LogP contribution in [-0.2, 0) is 26.0 Å². The third kappa shape index (κ3) is 6.28. The number of hydrogen-bond acceptors (Lipinski definition) is 6.